The first-order valence-electron chi connectivity index (χ1n) is 13.1. The van der Waals surface area contributed by atoms with Crippen molar-refractivity contribution < 1.29 is 19.2 Å². The summed E-state index contributed by atoms with van der Waals surface area (Å²) < 4.78 is 12.3. The smallest absolute Gasteiger partial charge is 0.279 e. The highest BCUT2D eigenvalue weighted by Gasteiger charge is 2.21. The number of anilines is 2. The van der Waals surface area contributed by atoms with Crippen molar-refractivity contribution in [1.82, 2.24) is 15.3 Å². The van der Waals surface area contributed by atoms with Crippen molar-refractivity contribution in [2.75, 3.05) is 18.5 Å². The van der Waals surface area contributed by atoms with E-state index >= 15 is 0 Å². The van der Waals surface area contributed by atoms with Crippen LogP contribution < -0.4 is 15.4 Å². The largest absolute Gasteiger partial charge is 0.490 e. The summed E-state index contributed by atoms with van der Waals surface area (Å²) in [4.78, 5) is 32.8. The molecule has 0 radical (unpaired) electrons. The van der Waals surface area contributed by atoms with Gasteiger partial charge in [0, 0.05) is 42.2 Å². The Morgan fingerprint density at radius 2 is 1.89 bits per heavy atom. The summed E-state index contributed by atoms with van der Waals surface area (Å²) in [7, 11) is 0. The summed E-state index contributed by atoms with van der Waals surface area (Å²) in [5.74, 6) is 0.749. The fraction of sp³-hybridized carbons (Fsp3) is 0.393. The number of hydrogen-bond donors (Lipinski definition) is 2. The topological polar surface area (TPSA) is 129 Å². The second kappa shape index (κ2) is 12.0. The van der Waals surface area contributed by atoms with E-state index in [1.165, 1.54) is 25.3 Å². The number of nitro groups is 1. The van der Waals surface area contributed by atoms with E-state index in [0.717, 1.165) is 42.7 Å². The van der Waals surface area contributed by atoms with Crippen LogP contribution in [-0.4, -0.2) is 40.1 Å². The highest BCUT2D eigenvalue weighted by molar-refractivity contribution is 5.96. The van der Waals surface area contributed by atoms with Crippen molar-refractivity contribution in [2.24, 2.45) is 0 Å². The Bertz CT molecular complexity index is 1310. The fourth-order valence-corrected chi connectivity index (χ4v) is 4.80. The minimum absolute atomic E-state index is 0.194. The molecule has 10 heteroatoms. The molecule has 6 bridgehead atoms. The normalized spacial score (nSPS) is 16.9. The standard InChI is InChI=1S/C28H31N5O5/c34-27-19-8-10-23(25(17-19)33(35)36)24-12-14-30-28(32-24)31-21-9-11-26(38-22-6-2-1-3-7-22)20(16-21)18-37-15-5-4-13-29-27/h8-12,14,16-17,22H,1-7,13,15,18H2,(H,29,34)(H,30,31,32). The highest BCUT2D eigenvalue weighted by atomic mass is 16.6. The van der Waals surface area contributed by atoms with Gasteiger partial charge in [0.25, 0.3) is 11.6 Å². The number of nitrogens with zero attached hydrogens (tertiary/aromatic N) is 3. The van der Waals surface area contributed by atoms with Crippen molar-refractivity contribution in [2.45, 2.75) is 57.7 Å². The maximum atomic E-state index is 12.6. The number of aromatic nitrogens is 2. The first-order chi connectivity index (χ1) is 18.6. The number of nitro benzene ring substituents is 1. The van der Waals surface area contributed by atoms with Crippen LogP contribution in [0.15, 0.2) is 48.7 Å². The van der Waals surface area contributed by atoms with Gasteiger partial charge in [-0.05, 0) is 74.9 Å². The maximum absolute atomic E-state index is 12.6. The minimum Gasteiger partial charge on any atom is -0.490 e. The average Bonchev–Trinajstić information content (AvgIpc) is 2.93. The third-order valence-electron chi connectivity index (χ3n) is 6.81. The minimum atomic E-state index is -0.502. The molecule has 0 spiro atoms. The van der Waals surface area contributed by atoms with Gasteiger partial charge >= 0.3 is 0 Å². The zero-order chi connectivity index (χ0) is 26.3. The number of amides is 1. The molecule has 0 atom stereocenters. The van der Waals surface area contributed by atoms with Gasteiger partial charge < -0.3 is 20.1 Å². The molecule has 6 rings (SSSR count). The third-order valence-corrected chi connectivity index (χ3v) is 6.81. The van der Waals surface area contributed by atoms with Crippen LogP contribution in [0.5, 0.6) is 5.75 Å². The molecule has 1 aliphatic carbocycles. The molecule has 0 unspecified atom stereocenters. The van der Waals surface area contributed by atoms with Crippen LogP contribution in [0.2, 0.25) is 0 Å². The molecule has 3 heterocycles. The van der Waals surface area contributed by atoms with Gasteiger partial charge in [-0.3, -0.25) is 14.9 Å². The molecule has 2 N–H and O–H groups in total. The number of fused-ring (bicyclic) bond motifs is 9. The predicted molar refractivity (Wildman–Crippen MR) is 143 cm³/mol. The summed E-state index contributed by atoms with van der Waals surface area (Å²) in [6.45, 7) is 1.37. The fourth-order valence-electron chi connectivity index (χ4n) is 4.80. The average molecular weight is 518 g/mol. The van der Waals surface area contributed by atoms with E-state index in [1.54, 1.807) is 24.4 Å². The highest BCUT2D eigenvalue weighted by Crippen LogP contribution is 2.32. The Morgan fingerprint density at radius 3 is 2.74 bits per heavy atom. The van der Waals surface area contributed by atoms with Gasteiger partial charge in [0.1, 0.15) is 5.75 Å². The number of carbonyl (C=O) groups is 1. The molecule has 38 heavy (non-hydrogen) atoms. The van der Waals surface area contributed by atoms with Crippen molar-refractivity contribution in [3.8, 4) is 17.0 Å². The molecule has 2 aliphatic heterocycles. The zero-order valence-corrected chi connectivity index (χ0v) is 21.2. The van der Waals surface area contributed by atoms with E-state index < -0.39 is 4.92 Å². The van der Waals surface area contributed by atoms with Crippen molar-refractivity contribution in [3.05, 3.63) is 69.9 Å². The van der Waals surface area contributed by atoms with Crippen LogP contribution in [-0.2, 0) is 11.3 Å². The Labute approximate surface area is 220 Å². The van der Waals surface area contributed by atoms with E-state index in [4.69, 9.17) is 9.47 Å². The van der Waals surface area contributed by atoms with Crippen LogP contribution in [0.4, 0.5) is 17.3 Å². The SMILES string of the molecule is O=C1NCCCCOCc2cc(ccc2OC2CCCCC2)Nc2nccc(n2)-c2ccc1cc2[N+](=O)[O-]. The molecular weight excluding hydrogens is 486 g/mol. The van der Waals surface area contributed by atoms with Gasteiger partial charge in [-0.2, -0.15) is 0 Å². The quantitative estimate of drug-likeness (QED) is 0.342. The molecule has 1 saturated carbocycles. The predicted octanol–water partition coefficient (Wildman–Crippen LogP) is 5.55. The number of carbonyl (C=O) groups excluding carboxylic acids is 1. The summed E-state index contributed by atoms with van der Waals surface area (Å²) in [6.07, 6.45) is 8.96. The summed E-state index contributed by atoms with van der Waals surface area (Å²) in [5.41, 5.74) is 2.40. The van der Waals surface area contributed by atoms with Gasteiger partial charge in [0.05, 0.1) is 28.9 Å². The third kappa shape index (κ3) is 6.25. The lowest BCUT2D eigenvalue weighted by Gasteiger charge is -2.24. The zero-order valence-electron chi connectivity index (χ0n) is 21.2. The number of rotatable bonds is 3. The van der Waals surface area contributed by atoms with Crippen molar-refractivity contribution in [1.29, 1.82) is 0 Å². The Morgan fingerprint density at radius 1 is 1.03 bits per heavy atom. The number of nitrogens with one attached hydrogen (secondary N) is 2. The van der Waals surface area contributed by atoms with Gasteiger partial charge in [0.2, 0.25) is 5.95 Å². The first kappa shape index (κ1) is 25.6. The first-order valence-corrected chi connectivity index (χ1v) is 13.1. The van der Waals surface area contributed by atoms with Crippen LogP contribution in [0, 0.1) is 10.1 Å². The summed E-state index contributed by atoms with van der Waals surface area (Å²) in [5, 5.41) is 17.9. The van der Waals surface area contributed by atoms with Crippen molar-refractivity contribution >= 4 is 23.2 Å². The van der Waals surface area contributed by atoms with E-state index in [2.05, 4.69) is 20.6 Å². The lowest BCUT2D eigenvalue weighted by molar-refractivity contribution is -0.384. The molecule has 1 fully saturated rings. The van der Waals surface area contributed by atoms with E-state index in [0.29, 0.717) is 37.0 Å². The van der Waals surface area contributed by atoms with E-state index in [9.17, 15) is 14.9 Å². The molecule has 3 aromatic rings. The lowest BCUT2D eigenvalue weighted by atomic mass is 9.97. The molecular formula is C28H31N5O5. The molecule has 1 amide bonds. The molecule has 1 aromatic heterocycles. The summed E-state index contributed by atoms with van der Waals surface area (Å²) >= 11 is 0. The second-order valence-corrected chi connectivity index (χ2v) is 9.60. The van der Waals surface area contributed by atoms with Crippen LogP contribution >= 0.6 is 0 Å². The lowest BCUT2D eigenvalue weighted by Crippen LogP contribution is -2.24. The van der Waals surface area contributed by atoms with E-state index in [-0.39, 0.29) is 23.3 Å². The Kier molecular flexibility index (Phi) is 8.08. The summed E-state index contributed by atoms with van der Waals surface area (Å²) in [6, 6.07) is 11.8. The monoisotopic (exact) mass is 517 g/mol. The Balaban J connectivity index is 1.47. The van der Waals surface area contributed by atoms with Gasteiger partial charge in [0.15, 0.2) is 0 Å². The number of ether oxygens (including phenoxy) is 2. The van der Waals surface area contributed by atoms with Crippen LogP contribution in [0.3, 0.4) is 0 Å². The molecule has 2 aromatic carbocycles. The Hall–Kier alpha value is -4.05. The second-order valence-electron chi connectivity index (χ2n) is 9.60. The van der Waals surface area contributed by atoms with Crippen molar-refractivity contribution in [3.63, 3.8) is 0 Å². The van der Waals surface area contributed by atoms with Gasteiger partial charge in [-0.25, -0.2) is 9.97 Å². The molecule has 10 nitrogen and oxygen atoms in total. The van der Waals surface area contributed by atoms with E-state index in [1.807, 2.05) is 18.2 Å². The maximum Gasteiger partial charge on any atom is 0.279 e. The van der Waals surface area contributed by atoms with Crippen LogP contribution in [0.1, 0.15) is 60.9 Å². The van der Waals surface area contributed by atoms with Gasteiger partial charge in [-0.1, -0.05) is 6.42 Å². The number of benzene rings is 2. The number of hydrogen-bond acceptors (Lipinski definition) is 8. The van der Waals surface area contributed by atoms with Gasteiger partial charge in [-0.15, -0.1) is 0 Å². The molecule has 0 saturated heterocycles. The molecule has 3 aliphatic rings. The molecule has 198 valence electrons. The van der Waals surface area contributed by atoms with Crippen LogP contribution in [0.25, 0.3) is 11.3 Å².